The molecule has 0 atom stereocenters. The van der Waals surface area contributed by atoms with Gasteiger partial charge in [-0.3, -0.25) is 0 Å². The molecule has 0 aliphatic heterocycles. The molecule has 0 aliphatic rings. The lowest BCUT2D eigenvalue weighted by Crippen LogP contribution is -1.99. The highest BCUT2D eigenvalue weighted by Gasteiger charge is 2.12. The zero-order valence-electron chi connectivity index (χ0n) is 45.1. The van der Waals surface area contributed by atoms with Gasteiger partial charge < -0.3 is 13.6 Å². The van der Waals surface area contributed by atoms with Crippen molar-refractivity contribution in [3.8, 4) is 12.1 Å². The van der Waals surface area contributed by atoms with Gasteiger partial charge in [0.25, 0.3) is 0 Å². The van der Waals surface area contributed by atoms with Gasteiger partial charge in [0.05, 0.1) is 44.8 Å². The summed E-state index contributed by atoms with van der Waals surface area (Å²) in [6, 6.07) is 4.10. The minimum Gasteiger partial charge on any atom is -0.311 e. The van der Waals surface area contributed by atoms with Crippen LogP contribution >= 0.6 is 8.60 Å². The fraction of sp³-hybridized carbons (Fsp3) is 0.607. The van der Waals surface area contributed by atoms with Gasteiger partial charge in [-0.25, -0.2) is 0 Å². The first-order valence-corrected chi connectivity index (χ1v) is 26.9. The Morgan fingerprint density at radius 2 is 0.522 bits per heavy atom. The molecule has 5 nitrogen and oxygen atoms in total. The lowest BCUT2D eigenvalue weighted by molar-refractivity contribution is 0.175. The Kier molecular flexibility index (Phi) is 41.4. The summed E-state index contributed by atoms with van der Waals surface area (Å²) >= 11 is 0. The van der Waals surface area contributed by atoms with E-state index in [4.69, 9.17) is 24.1 Å². The molecule has 0 saturated heterocycles. The Labute approximate surface area is 415 Å². The quantitative estimate of drug-likeness (QED) is 0.0349. The standard InChI is InChI=1S/C61H97N2O3P/c1-51(2)25-13-26-52(3)27-14-28-53(4)29-15-30-54(5)31-16-32-55(6)33-17-34-56(7)35-18-36-57(8)37-19-38-58(9)39-20-40-59(10)41-21-42-60(11)43-22-44-61(12)45-50-66-67(64-48-23-46-62)65-49-24-47-63/h25,27,29,31,33,35,37,39,41,43,45H,13-24,26,28,30,32,34,36,38,40,42,44,48-50H2,1-12H3/b52-27+,53-29+,54-31+,55-33+,56-35+,57-37+,58-39+,59-41+,60-43+,61-45+. The SMILES string of the molecule is CC(C)=CCC/C(C)=C/CC/C(C)=C/CC/C(C)=C/CC/C(C)=C/CC/C(C)=C/CC/C(C)=C/CC/C(C)=C/CC/C(C)=C/CC/C(C)=C/CC/C(C)=C/COP(OCCC#N)OCCC#N. The first-order chi connectivity index (χ1) is 32.1. The summed E-state index contributed by atoms with van der Waals surface area (Å²) in [6.45, 7) is 27.9. The third kappa shape index (κ3) is 43.5. The maximum atomic E-state index is 8.74. The molecular formula is C61H97N2O3P. The Morgan fingerprint density at radius 3 is 0.731 bits per heavy atom. The Morgan fingerprint density at radius 1 is 0.313 bits per heavy atom. The Hall–Kier alpha value is -3.57. The molecular weight excluding hydrogens is 840 g/mol. The highest BCUT2D eigenvalue weighted by Crippen LogP contribution is 2.39. The van der Waals surface area contributed by atoms with Crippen molar-refractivity contribution in [1.29, 1.82) is 10.5 Å². The lowest BCUT2D eigenvalue weighted by atomic mass is 10.0. The van der Waals surface area contributed by atoms with Gasteiger partial charge in [-0.2, -0.15) is 10.5 Å². The van der Waals surface area contributed by atoms with Crippen molar-refractivity contribution < 1.29 is 13.6 Å². The maximum absolute atomic E-state index is 8.74. The molecule has 0 spiro atoms. The predicted octanol–water partition coefficient (Wildman–Crippen LogP) is 20.3. The number of rotatable bonds is 39. The van der Waals surface area contributed by atoms with Gasteiger partial charge in [0.1, 0.15) is 0 Å². The molecule has 0 fully saturated rings. The molecule has 0 aliphatic carbocycles. The van der Waals surface area contributed by atoms with Gasteiger partial charge in [0.2, 0.25) is 0 Å². The summed E-state index contributed by atoms with van der Waals surface area (Å²) in [6.07, 6.45) is 49.5. The van der Waals surface area contributed by atoms with Crippen LogP contribution in [0.4, 0.5) is 0 Å². The van der Waals surface area contributed by atoms with Crippen LogP contribution in [0, 0.1) is 22.7 Å². The summed E-state index contributed by atoms with van der Waals surface area (Å²) in [4.78, 5) is 0. The monoisotopic (exact) mass is 937 g/mol. The van der Waals surface area contributed by atoms with E-state index < -0.39 is 8.60 Å². The number of hydrogen-bond donors (Lipinski definition) is 0. The van der Waals surface area contributed by atoms with E-state index in [0.717, 1.165) is 103 Å². The number of allylic oxidation sites excluding steroid dienone is 21. The fourth-order valence-corrected chi connectivity index (χ4v) is 8.11. The predicted molar refractivity (Wildman–Crippen MR) is 295 cm³/mol. The molecule has 0 aromatic rings. The number of hydrogen-bond acceptors (Lipinski definition) is 5. The molecule has 0 unspecified atom stereocenters. The zero-order valence-corrected chi connectivity index (χ0v) is 46.0. The van der Waals surface area contributed by atoms with Gasteiger partial charge in [-0.05, 0) is 212 Å². The second-order valence-electron chi connectivity index (χ2n) is 19.2. The maximum Gasteiger partial charge on any atom is 0.333 e. The highest BCUT2D eigenvalue weighted by atomic mass is 31.2. The minimum absolute atomic E-state index is 0.263. The van der Waals surface area contributed by atoms with Crippen molar-refractivity contribution in [3.05, 3.63) is 128 Å². The zero-order chi connectivity index (χ0) is 49.9. The van der Waals surface area contributed by atoms with E-state index in [-0.39, 0.29) is 26.1 Å². The molecule has 0 radical (unpaired) electrons. The molecule has 0 saturated carbocycles. The van der Waals surface area contributed by atoms with Crippen LogP contribution in [-0.2, 0) is 13.6 Å². The summed E-state index contributed by atoms with van der Waals surface area (Å²) in [5.41, 5.74) is 16.2. The van der Waals surface area contributed by atoms with Crippen LogP contribution in [-0.4, -0.2) is 19.8 Å². The van der Waals surface area contributed by atoms with Gasteiger partial charge in [0, 0.05) is 0 Å². The smallest absolute Gasteiger partial charge is 0.311 e. The van der Waals surface area contributed by atoms with Crippen LogP contribution in [0.1, 0.15) is 224 Å². The van der Waals surface area contributed by atoms with Crippen molar-refractivity contribution in [2.75, 3.05) is 19.8 Å². The topological polar surface area (TPSA) is 75.3 Å². The molecule has 0 rings (SSSR count). The van der Waals surface area contributed by atoms with Gasteiger partial charge in [-0.1, -0.05) is 128 Å². The van der Waals surface area contributed by atoms with E-state index in [1.165, 1.54) is 87.0 Å². The fourth-order valence-electron chi connectivity index (χ4n) is 7.21. The highest BCUT2D eigenvalue weighted by molar-refractivity contribution is 7.41. The van der Waals surface area contributed by atoms with Gasteiger partial charge in [-0.15, -0.1) is 0 Å². The first-order valence-electron chi connectivity index (χ1n) is 25.8. The van der Waals surface area contributed by atoms with Crippen molar-refractivity contribution in [2.45, 2.75) is 224 Å². The number of nitrogens with zero attached hydrogens (tertiary/aromatic N) is 2. The Balaban J connectivity index is 4.33. The molecule has 374 valence electrons. The van der Waals surface area contributed by atoms with Crippen LogP contribution in [0.15, 0.2) is 128 Å². The van der Waals surface area contributed by atoms with Crippen LogP contribution < -0.4 is 0 Å². The van der Waals surface area contributed by atoms with Crippen LogP contribution in [0.2, 0.25) is 0 Å². The molecule has 0 aromatic heterocycles. The summed E-state index contributed by atoms with van der Waals surface area (Å²) in [5.74, 6) is 0. The summed E-state index contributed by atoms with van der Waals surface area (Å²) in [7, 11) is -1.55. The average molecular weight is 937 g/mol. The van der Waals surface area contributed by atoms with E-state index in [2.05, 4.69) is 150 Å². The summed E-state index contributed by atoms with van der Waals surface area (Å²) in [5, 5.41) is 17.5. The molecule has 0 heterocycles. The molecule has 0 aromatic carbocycles. The van der Waals surface area contributed by atoms with Crippen molar-refractivity contribution >= 4 is 8.60 Å². The van der Waals surface area contributed by atoms with E-state index in [9.17, 15) is 0 Å². The molecule has 0 amide bonds. The average Bonchev–Trinajstić information content (AvgIpc) is 3.26. The second kappa shape index (κ2) is 43.7. The molecule has 67 heavy (non-hydrogen) atoms. The van der Waals surface area contributed by atoms with E-state index >= 15 is 0 Å². The first kappa shape index (κ1) is 63.4. The lowest BCUT2D eigenvalue weighted by Gasteiger charge is -2.14. The summed E-state index contributed by atoms with van der Waals surface area (Å²) < 4.78 is 16.8. The van der Waals surface area contributed by atoms with E-state index in [1.807, 2.05) is 12.1 Å². The minimum atomic E-state index is -1.55. The van der Waals surface area contributed by atoms with Crippen LogP contribution in [0.25, 0.3) is 0 Å². The van der Waals surface area contributed by atoms with E-state index in [1.54, 1.807) is 0 Å². The number of nitriles is 2. The van der Waals surface area contributed by atoms with Crippen LogP contribution in [0.3, 0.4) is 0 Å². The van der Waals surface area contributed by atoms with Crippen molar-refractivity contribution in [2.24, 2.45) is 0 Å². The largest absolute Gasteiger partial charge is 0.333 e. The van der Waals surface area contributed by atoms with Crippen molar-refractivity contribution in [1.82, 2.24) is 0 Å². The molecule has 6 heteroatoms. The van der Waals surface area contributed by atoms with E-state index in [0.29, 0.717) is 6.61 Å². The third-order valence-electron chi connectivity index (χ3n) is 11.8. The van der Waals surface area contributed by atoms with Crippen molar-refractivity contribution in [3.63, 3.8) is 0 Å². The van der Waals surface area contributed by atoms with Gasteiger partial charge in [0.15, 0.2) is 0 Å². The molecule has 0 bridgehead atoms. The second-order valence-corrected chi connectivity index (χ2v) is 20.4. The molecule has 0 N–H and O–H groups in total. The normalized spacial score (nSPS) is 14.3. The van der Waals surface area contributed by atoms with Crippen LogP contribution in [0.5, 0.6) is 0 Å². The Bertz CT molecular complexity index is 1770. The third-order valence-corrected chi connectivity index (χ3v) is 13.0. The van der Waals surface area contributed by atoms with Gasteiger partial charge >= 0.3 is 8.60 Å².